The summed E-state index contributed by atoms with van der Waals surface area (Å²) in [5.74, 6) is -3.16. The molecule has 7 heteroatoms. The number of hydrogen-bond acceptors (Lipinski definition) is 7. The summed E-state index contributed by atoms with van der Waals surface area (Å²) in [4.78, 5) is 40.5. The van der Waals surface area contributed by atoms with E-state index in [-0.39, 0.29) is 33.7 Å². The number of carboxylic acids is 1. The second kappa shape index (κ2) is 6.83. The number of carbonyl (C=O) groups is 2. The fraction of sp³-hybridized carbons (Fsp3) is 0.300. The van der Waals surface area contributed by atoms with Gasteiger partial charge in [0.15, 0.2) is 0 Å². The average molecular weight is 368 g/mol. The summed E-state index contributed by atoms with van der Waals surface area (Å²) in [7, 11) is 1.16. The van der Waals surface area contributed by atoms with E-state index in [4.69, 9.17) is 9.15 Å². The molecule has 1 atom stereocenters. The number of carbonyl (C=O) groups excluding carboxylic acids is 2. The first-order valence-electron chi connectivity index (χ1n) is 8.45. The fourth-order valence-corrected chi connectivity index (χ4v) is 2.89. The number of hydrogen-bond donors (Lipinski definition) is 0. The summed E-state index contributed by atoms with van der Waals surface area (Å²) < 4.78 is 10.4. The molecule has 0 aliphatic rings. The standard InChI is InChI=1S/C20H19NO6/c1-9(2)11-5-6-15-12(7-11)17(22)14-8-13(20(25)26-4)16(10(3)19(23)24)21-18(14)27-15/h5-10H,1-4H3,(H,23,24)/p-1. The molecule has 0 spiro atoms. The fourth-order valence-electron chi connectivity index (χ4n) is 2.89. The number of rotatable bonds is 4. The lowest BCUT2D eigenvalue weighted by Gasteiger charge is -2.16. The van der Waals surface area contributed by atoms with Gasteiger partial charge < -0.3 is 19.1 Å². The highest BCUT2D eigenvalue weighted by atomic mass is 16.5. The SMILES string of the molecule is COC(=O)c1cc2c(=O)c3cc(C(C)C)ccc3oc2nc1C(C)C(=O)[O-]. The van der Waals surface area contributed by atoms with Crippen molar-refractivity contribution in [2.24, 2.45) is 0 Å². The molecular weight excluding hydrogens is 350 g/mol. The Balaban J connectivity index is 2.39. The Morgan fingerprint density at radius 3 is 2.44 bits per heavy atom. The second-order valence-corrected chi connectivity index (χ2v) is 6.65. The molecule has 7 nitrogen and oxygen atoms in total. The molecule has 0 aliphatic heterocycles. The number of aliphatic carboxylic acids is 1. The largest absolute Gasteiger partial charge is 0.549 e. The molecule has 1 unspecified atom stereocenters. The molecule has 3 rings (SSSR count). The van der Waals surface area contributed by atoms with Crippen LogP contribution in [0, 0.1) is 0 Å². The van der Waals surface area contributed by atoms with Gasteiger partial charge >= 0.3 is 5.97 Å². The second-order valence-electron chi connectivity index (χ2n) is 6.65. The van der Waals surface area contributed by atoms with Crippen LogP contribution in [0.5, 0.6) is 0 Å². The van der Waals surface area contributed by atoms with Crippen LogP contribution in [0.15, 0.2) is 33.5 Å². The number of pyridine rings is 1. The van der Waals surface area contributed by atoms with Crippen LogP contribution >= 0.6 is 0 Å². The highest BCUT2D eigenvalue weighted by molar-refractivity contribution is 5.97. The number of esters is 1. The van der Waals surface area contributed by atoms with Crippen molar-refractivity contribution < 1.29 is 23.8 Å². The smallest absolute Gasteiger partial charge is 0.339 e. The summed E-state index contributed by atoms with van der Waals surface area (Å²) in [6.07, 6.45) is 0. The third-order valence-electron chi connectivity index (χ3n) is 4.55. The number of fused-ring (bicyclic) bond motifs is 2. The van der Waals surface area contributed by atoms with E-state index < -0.39 is 17.9 Å². The minimum Gasteiger partial charge on any atom is -0.549 e. The topological polar surface area (TPSA) is 110 Å². The normalized spacial score (nSPS) is 12.5. The van der Waals surface area contributed by atoms with Gasteiger partial charge in [-0.2, -0.15) is 0 Å². The van der Waals surface area contributed by atoms with Gasteiger partial charge in [0.1, 0.15) is 5.58 Å². The Hall–Kier alpha value is -3.22. The van der Waals surface area contributed by atoms with E-state index in [1.165, 1.54) is 13.0 Å². The van der Waals surface area contributed by atoms with Crippen molar-refractivity contribution in [3.63, 3.8) is 0 Å². The predicted octanol–water partition coefficient (Wildman–Crippen LogP) is 2.10. The van der Waals surface area contributed by atoms with E-state index in [2.05, 4.69) is 4.98 Å². The van der Waals surface area contributed by atoms with Gasteiger partial charge in [-0.15, -0.1) is 0 Å². The predicted molar refractivity (Wildman–Crippen MR) is 96.6 cm³/mol. The zero-order chi connectivity index (χ0) is 19.9. The maximum absolute atomic E-state index is 13.0. The molecule has 0 amide bonds. The van der Waals surface area contributed by atoms with Crippen molar-refractivity contribution in [3.05, 3.63) is 51.3 Å². The molecule has 0 fully saturated rings. The van der Waals surface area contributed by atoms with Crippen molar-refractivity contribution in [3.8, 4) is 0 Å². The van der Waals surface area contributed by atoms with Gasteiger partial charge in [-0.05, 0) is 29.7 Å². The minimum atomic E-state index is -1.41. The highest BCUT2D eigenvalue weighted by Gasteiger charge is 2.23. The highest BCUT2D eigenvalue weighted by Crippen LogP contribution is 2.26. The Kier molecular flexibility index (Phi) is 4.70. The van der Waals surface area contributed by atoms with Crippen LogP contribution in [0.2, 0.25) is 0 Å². The van der Waals surface area contributed by atoms with Crippen LogP contribution < -0.4 is 10.5 Å². The van der Waals surface area contributed by atoms with E-state index in [0.717, 1.165) is 12.7 Å². The number of benzene rings is 1. The first kappa shape index (κ1) is 18.6. The van der Waals surface area contributed by atoms with Crippen LogP contribution in [0.25, 0.3) is 22.1 Å². The van der Waals surface area contributed by atoms with Crippen molar-refractivity contribution in [2.75, 3.05) is 7.11 Å². The molecule has 0 saturated heterocycles. The minimum absolute atomic E-state index is 0.0412. The summed E-state index contributed by atoms with van der Waals surface area (Å²) in [6, 6.07) is 6.57. The lowest BCUT2D eigenvalue weighted by molar-refractivity contribution is -0.307. The summed E-state index contributed by atoms with van der Waals surface area (Å²) in [6.45, 7) is 5.35. The zero-order valence-electron chi connectivity index (χ0n) is 15.4. The molecule has 0 saturated carbocycles. The van der Waals surface area contributed by atoms with Crippen LogP contribution in [-0.4, -0.2) is 24.0 Å². The van der Waals surface area contributed by atoms with Crippen LogP contribution in [0.4, 0.5) is 0 Å². The van der Waals surface area contributed by atoms with E-state index in [1.54, 1.807) is 12.1 Å². The van der Waals surface area contributed by atoms with Crippen molar-refractivity contribution in [1.29, 1.82) is 0 Å². The monoisotopic (exact) mass is 368 g/mol. The molecule has 0 aliphatic carbocycles. The number of methoxy groups -OCH3 is 1. The molecule has 0 bridgehead atoms. The number of aromatic nitrogens is 1. The van der Waals surface area contributed by atoms with E-state index in [0.29, 0.717) is 11.0 Å². The number of carboxylic acid groups (broad SMARTS) is 1. The lowest BCUT2D eigenvalue weighted by Crippen LogP contribution is -2.30. The first-order valence-corrected chi connectivity index (χ1v) is 8.45. The van der Waals surface area contributed by atoms with Crippen LogP contribution in [0.3, 0.4) is 0 Å². The van der Waals surface area contributed by atoms with Crippen LogP contribution in [-0.2, 0) is 9.53 Å². The molecule has 2 heterocycles. The number of nitrogens with zero attached hydrogens (tertiary/aromatic N) is 1. The van der Waals surface area contributed by atoms with Gasteiger partial charge in [-0.1, -0.05) is 26.8 Å². The van der Waals surface area contributed by atoms with E-state index in [1.807, 2.05) is 19.9 Å². The quantitative estimate of drug-likeness (QED) is 0.512. The first-order chi connectivity index (χ1) is 12.7. The van der Waals surface area contributed by atoms with Crippen LogP contribution in [0.1, 0.15) is 54.2 Å². The Labute approximate surface area is 154 Å². The van der Waals surface area contributed by atoms with Gasteiger partial charge in [0.25, 0.3) is 0 Å². The molecular formula is C20H18NO6-. The third kappa shape index (κ3) is 3.16. The number of ether oxygens (including phenoxy) is 1. The summed E-state index contributed by atoms with van der Waals surface area (Å²) >= 11 is 0. The van der Waals surface area contributed by atoms with Crippen molar-refractivity contribution >= 4 is 34.0 Å². The van der Waals surface area contributed by atoms with Gasteiger partial charge in [0.2, 0.25) is 11.1 Å². The van der Waals surface area contributed by atoms with E-state index in [9.17, 15) is 19.5 Å². The molecule has 2 aromatic heterocycles. The molecule has 3 aromatic rings. The molecule has 0 N–H and O–H groups in total. The Bertz CT molecular complexity index is 1130. The summed E-state index contributed by atoms with van der Waals surface area (Å²) in [5, 5.41) is 11.7. The third-order valence-corrected chi connectivity index (χ3v) is 4.55. The van der Waals surface area contributed by atoms with Gasteiger partial charge in [-0.3, -0.25) is 4.79 Å². The van der Waals surface area contributed by atoms with Gasteiger partial charge in [0.05, 0.1) is 35.1 Å². The zero-order valence-corrected chi connectivity index (χ0v) is 15.4. The van der Waals surface area contributed by atoms with Crippen molar-refractivity contribution in [1.82, 2.24) is 4.98 Å². The van der Waals surface area contributed by atoms with E-state index >= 15 is 0 Å². The van der Waals surface area contributed by atoms with Crippen molar-refractivity contribution in [2.45, 2.75) is 32.6 Å². The van der Waals surface area contributed by atoms with Gasteiger partial charge in [-0.25, -0.2) is 9.78 Å². The molecule has 140 valence electrons. The Morgan fingerprint density at radius 2 is 1.85 bits per heavy atom. The average Bonchev–Trinajstić information content (AvgIpc) is 2.65. The molecule has 1 aromatic carbocycles. The molecule has 27 heavy (non-hydrogen) atoms. The maximum atomic E-state index is 13.0. The maximum Gasteiger partial charge on any atom is 0.339 e. The Morgan fingerprint density at radius 1 is 1.15 bits per heavy atom. The lowest BCUT2D eigenvalue weighted by atomic mass is 9.99. The molecule has 0 radical (unpaired) electrons. The van der Waals surface area contributed by atoms with Gasteiger partial charge in [0, 0.05) is 5.92 Å². The summed E-state index contributed by atoms with van der Waals surface area (Å²) in [5.41, 5.74) is 0.739.